The molecule has 1 aromatic heterocycles. The molecule has 2 atom stereocenters. The van der Waals surface area contributed by atoms with Gasteiger partial charge in [-0.25, -0.2) is 8.78 Å². The maximum Gasteiger partial charge on any atom is 0.276 e. The van der Waals surface area contributed by atoms with Crippen LogP contribution < -0.4 is 10.7 Å². The first-order valence-electron chi connectivity index (χ1n) is 9.94. The highest BCUT2D eigenvalue weighted by molar-refractivity contribution is 5.99. The zero-order valence-corrected chi connectivity index (χ0v) is 17.1. The molecule has 2 aliphatic rings. The van der Waals surface area contributed by atoms with Gasteiger partial charge >= 0.3 is 0 Å². The summed E-state index contributed by atoms with van der Waals surface area (Å²) in [5.74, 6) is -3.89. The summed E-state index contributed by atoms with van der Waals surface area (Å²) in [7, 11) is 1.54. The SMILES string of the molecule is COC[C@@H]1CCN2C(=O)c3c(O)c(=O)c(C(=O)NCc4ccc(F)cc4F)cn3C[C@@H]2O1. The third-order valence-electron chi connectivity index (χ3n) is 5.51. The number of nitrogens with one attached hydrogen (secondary N) is 1. The molecule has 9 nitrogen and oxygen atoms in total. The molecule has 0 radical (unpaired) electrons. The van der Waals surface area contributed by atoms with Gasteiger partial charge in [0.05, 0.1) is 19.3 Å². The molecule has 2 aliphatic heterocycles. The van der Waals surface area contributed by atoms with Crippen LogP contribution >= 0.6 is 0 Å². The summed E-state index contributed by atoms with van der Waals surface area (Å²) in [6.07, 6.45) is 0.861. The van der Waals surface area contributed by atoms with Crippen molar-refractivity contribution in [2.45, 2.75) is 31.8 Å². The Morgan fingerprint density at radius 1 is 1.34 bits per heavy atom. The molecule has 2 N–H and O–H groups in total. The number of halogens is 2. The first kappa shape index (κ1) is 21.9. The molecule has 11 heteroatoms. The summed E-state index contributed by atoms with van der Waals surface area (Å²) in [5.41, 5.74) is -1.64. The first-order valence-corrected chi connectivity index (χ1v) is 9.94. The minimum atomic E-state index is -1.02. The van der Waals surface area contributed by atoms with Crippen LogP contribution in [0.25, 0.3) is 0 Å². The fraction of sp³-hybridized carbons (Fsp3) is 0.381. The third-order valence-corrected chi connectivity index (χ3v) is 5.51. The minimum absolute atomic E-state index is 0.0210. The fourth-order valence-corrected chi connectivity index (χ4v) is 3.89. The summed E-state index contributed by atoms with van der Waals surface area (Å²) < 4.78 is 39.1. The van der Waals surface area contributed by atoms with Crippen molar-refractivity contribution in [3.8, 4) is 5.75 Å². The number of hydrogen-bond donors (Lipinski definition) is 2. The van der Waals surface area contributed by atoms with Crippen molar-refractivity contribution in [1.29, 1.82) is 0 Å². The number of rotatable bonds is 5. The molecule has 1 saturated heterocycles. The van der Waals surface area contributed by atoms with E-state index in [1.54, 1.807) is 7.11 Å². The van der Waals surface area contributed by atoms with E-state index in [9.17, 15) is 28.3 Å². The summed E-state index contributed by atoms with van der Waals surface area (Å²) >= 11 is 0. The van der Waals surface area contributed by atoms with Crippen molar-refractivity contribution in [3.05, 3.63) is 63.1 Å². The Balaban J connectivity index is 1.59. The molecule has 4 rings (SSSR count). The number of hydrogen-bond acceptors (Lipinski definition) is 6. The van der Waals surface area contributed by atoms with Crippen LogP contribution in [0.3, 0.4) is 0 Å². The van der Waals surface area contributed by atoms with Crippen LogP contribution in [0.15, 0.2) is 29.2 Å². The lowest BCUT2D eigenvalue weighted by atomic mass is 10.1. The number of fused-ring (bicyclic) bond motifs is 2. The molecule has 0 aliphatic carbocycles. The van der Waals surface area contributed by atoms with Crippen molar-refractivity contribution in [3.63, 3.8) is 0 Å². The number of aromatic hydroxyl groups is 1. The van der Waals surface area contributed by atoms with Crippen LogP contribution in [0, 0.1) is 11.6 Å². The number of pyridine rings is 1. The van der Waals surface area contributed by atoms with E-state index in [0.29, 0.717) is 25.6 Å². The van der Waals surface area contributed by atoms with Gasteiger partial charge in [-0.15, -0.1) is 0 Å². The smallest absolute Gasteiger partial charge is 0.276 e. The van der Waals surface area contributed by atoms with Gasteiger partial charge in [0, 0.05) is 38.0 Å². The van der Waals surface area contributed by atoms with Gasteiger partial charge in [0.2, 0.25) is 5.43 Å². The molecule has 0 unspecified atom stereocenters. The highest BCUT2D eigenvalue weighted by Crippen LogP contribution is 2.28. The van der Waals surface area contributed by atoms with Gasteiger partial charge < -0.3 is 29.4 Å². The van der Waals surface area contributed by atoms with E-state index in [2.05, 4.69) is 5.32 Å². The number of nitrogens with zero attached hydrogens (tertiary/aromatic N) is 2. The zero-order valence-electron chi connectivity index (χ0n) is 17.1. The highest BCUT2D eigenvalue weighted by Gasteiger charge is 2.40. The van der Waals surface area contributed by atoms with Gasteiger partial charge in [0.1, 0.15) is 17.2 Å². The van der Waals surface area contributed by atoms with Crippen molar-refractivity contribution >= 4 is 11.8 Å². The van der Waals surface area contributed by atoms with Crippen LogP contribution in [0.1, 0.15) is 32.8 Å². The van der Waals surface area contributed by atoms with E-state index < -0.39 is 46.4 Å². The standard InChI is InChI=1S/C21H21F2N3O6/c1-31-10-13-4-5-26-16(32-13)9-25-8-14(18(27)19(28)17(25)21(26)30)20(29)24-7-11-2-3-12(22)6-15(11)23/h2-3,6,8,13,16,28H,4-5,7,9-10H2,1H3,(H,24,29)/t13-,16-/m0/s1. The summed E-state index contributed by atoms with van der Waals surface area (Å²) in [6, 6.07) is 2.90. The lowest BCUT2D eigenvalue weighted by Crippen LogP contribution is -2.56. The number of aromatic nitrogens is 1. The number of carbonyl (C=O) groups is 2. The van der Waals surface area contributed by atoms with Crippen molar-refractivity contribution in [1.82, 2.24) is 14.8 Å². The number of ether oxygens (including phenoxy) is 2. The molecule has 32 heavy (non-hydrogen) atoms. The molecule has 0 saturated carbocycles. The number of benzene rings is 1. The monoisotopic (exact) mass is 449 g/mol. The molecule has 2 aromatic rings. The fourth-order valence-electron chi connectivity index (χ4n) is 3.89. The van der Waals surface area contributed by atoms with Crippen LogP contribution in [-0.2, 0) is 22.6 Å². The number of methoxy groups -OCH3 is 1. The average Bonchev–Trinajstić information content (AvgIpc) is 2.75. The lowest BCUT2D eigenvalue weighted by Gasteiger charge is -2.43. The molecular formula is C21H21F2N3O6. The Kier molecular flexibility index (Phi) is 5.94. The highest BCUT2D eigenvalue weighted by atomic mass is 19.1. The van der Waals surface area contributed by atoms with Crippen molar-refractivity contribution in [2.75, 3.05) is 20.3 Å². The van der Waals surface area contributed by atoms with E-state index in [1.807, 2.05) is 0 Å². The lowest BCUT2D eigenvalue weighted by molar-refractivity contribution is -0.149. The molecule has 2 amide bonds. The topological polar surface area (TPSA) is 110 Å². The minimum Gasteiger partial charge on any atom is -0.503 e. The molecule has 170 valence electrons. The Morgan fingerprint density at radius 3 is 2.84 bits per heavy atom. The normalized spacial score (nSPS) is 20.0. The second-order valence-electron chi connectivity index (χ2n) is 7.60. The van der Waals surface area contributed by atoms with Crippen LogP contribution in [0.4, 0.5) is 8.78 Å². The molecular weight excluding hydrogens is 428 g/mol. The van der Waals surface area contributed by atoms with E-state index >= 15 is 0 Å². The Hall–Kier alpha value is -3.31. The van der Waals surface area contributed by atoms with Crippen molar-refractivity contribution in [2.24, 2.45) is 0 Å². The van der Waals surface area contributed by atoms with E-state index in [1.165, 1.54) is 21.7 Å². The van der Waals surface area contributed by atoms with Crippen LogP contribution in [0.5, 0.6) is 5.75 Å². The average molecular weight is 449 g/mol. The van der Waals surface area contributed by atoms with E-state index in [0.717, 1.165) is 6.07 Å². The third kappa shape index (κ3) is 3.96. The Bertz CT molecular complexity index is 1140. The number of carbonyl (C=O) groups excluding carboxylic acids is 2. The van der Waals surface area contributed by atoms with Gasteiger partial charge in [0.25, 0.3) is 11.8 Å². The van der Waals surface area contributed by atoms with Gasteiger partial charge in [-0.3, -0.25) is 14.4 Å². The molecule has 1 fully saturated rings. The summed E-state index contributed by atoms with van der Waals surface area (Å²) in [5, 5.41) is 12.8. The Labute approximate surface area is 181 Å². The van der Waals surface area contributed by atoms with Gasteiger partial charge in [0.15, 0.2) is 17.7 Å². The maximum atomic E-state index is 13.8. The molecule has 0 spiro atoms. The first-order chi connectivity index (χ1) is 15.3. The molecule has 1 aromatic carbocycles. The quantitative estimate of drug-likeness (QED) is 0.704. The Morgan fingerprint density at radius 2 is 2.12 bits per heavy atom. The summed E-state index contributed by atoms with van der Waals surface area (Å²) in [6.45, 7) is 0.525. The second-order valence-corrected chi connectivity index (χ2v) is 7.60. The van der Waals surface area contributed by atoms with Gasteiger partial charge in [-0.1, -0.05) is 6.07 Å². The van der Waals surface area contributed by atoms with Crippen molar-refractivity contribution < 1.29 is 33.0 Å². The van der Waals surface area contributed by atoms with E-state index in [4.69, 9.17) is 9.47 Å². The summed E-state index contributed by atoms with van der Waals surface area (Å²) in [4.78, 5) is 39.5. The van der Waals surface area contributed by atoms with Crippen LogP contribution in [-0.4, -0.2) is 59.0 Å². The predicted molar refractivity (Wildman–Crippen MR) is 106 cm³/mol. The largest absolute Gasteiger partial charge is 0.503 e. The maximum absolute atomic E-state index is 13.8. The number of amides is 2. The molecule has 3 heterocycles. The van der Waals surface area contributed by atoms with E-state index in [-0.39, 0.29) is 30.5 Å². The predicted octanol–water partition coefficient (Wildman–Crippen LogP) is 0.979. The second kappa shape index (κ2) is 8.67. The van der Waals surface area contributed by atoms with Gasteiger partial charge in [-0.2, -0.15) is 0 Å². The zero-order chi connectivity index (χ0) is 23.0. The molecule has 0 bridgehead atoms. The van der Waals surface area contributed by atoms with Crippen LogP contribution in [0.2, 0.25) is 0 Å². The van der Waals surface area contributed by atoms with Gasteiger partial charge in [-0.05, 0) is 12.5 Å².